The predicted octanol–water partition coefficient (Wildman–Crippen LogP) is 3.13. The molecule has 3 heterocycles. The summed E-state index contributed by atoms with van der Waals surface area (Å²) in [5.74, 6) is 0.116. The van der Waals surface area contributed by atoms with Gasteiger partial charge in [0.05, 0.1) is 18.3 Å². The maximum atomic E-state index is 12.6. The fraction of sp³-hybridized carbons (Fsp3) is 0.652. The molecule has 2 aliphatic heterocycles. The van der Waals surface area contributed by atoms with Gasteiger partial charge in [-0.05, 0) is 57.8 Å². The highest BCUT2D eigenvalue weighted by atomic mass is 16.5. The van der Waals surface area contributed by atoms with E-state index in [-0.39, 0.29) is 11.3 Å². The largest absolute Gasteiger partial charge is 0.381 e. The first kappa shape index (κ1) is 20.4. The average Bonchev–Trinajstić information content (AvgIpc) is 3.14. The molecule has 1 aromatic heterocycles. The first-order chi connectivity index (χ1) is 14.1. The first-order valence-corrected chi connectivity index (χ1v) is 11.1. The second kappa shape index (κ2) is 9.26. The van der Waals surface area contributed by atoms with Crippen molar-refractivity contribution in [1.82, 2.24) is 20.0 Å². The Morgan fingerprint density at radius 2 is 2.00 bits per heavy atom. The van der Waals surface area contributed by atoms with Crippen LogP contribution in [-0.2, 0) is 16.1 Å². The van der Waals surface area contributed by atoms with Crippen LogP contribution in [0.1, 0.15) is 44.1 Å². The lowest BCUT2D eigenvalue weighted by Gasteiger charge is -2.42. The van der Waals surface area contributed by atoms with E-state index in [1.54, 1.807) is 0 Å². The van der Waals surface area contributed by atoms with Crippen molar-refractivity contribution in [2.24, 2.45) is 5.41 Å². The number of hydrogen-bond acceptors (Lipinski definition) is 4. The topological polar surface area (TPSA) is 59.4 Å². The van der Waals surface area contributed by atoms with Crippen LogP contribution in [0, 0.1) is 12.3 Å². The van der Waals surface area contributed by atoms with Crippen LogP contribution < -0.4 is 5.32 Å². The van der Waals surface area contributed by atoms with E-state index in [0.717, 1.165) is 50.0 Å². The number of rotatable bonds is 7. The Labute approximate surface area is 173 Å². The summed E-state index contributed by atoms with van der Waals surface area (Å²) in [5, 5.41) is 8.84. The molecule has 0 radical (unpaired) electrons. The number of benzene rings is 1. The van der Waals surface area contributed by atoms with Gasteiger partial charge in [-0.2, -0.15) is 5.10 Å². The van der Waals surface area contributed by atoms with Gasteiger partial charge < -0.3 is 15.0 Å². The maximum absolute atomic E-state index is 12.6. The molecule has 29 heavy (non-hydrogen) atoms. The summed E-state index contributed by atoms with van der Waals surface area (Å²) in [5.41, 5.74) is 2.47. The number of hydrogen-bond donors (Lipinski definition) is 1. The smallest absolute Gasteiger partial charge is 0.221 e. The van der Waals surface area contributed by atoms with Crippen molar-refractivity contribution in [1.29, 1.82) is 0 Å². The summed E-state index contributed by atoms with van der Waals surface area (Å²) in [6.45, 7) is 8.54. The molecule has 2 fully saturated rings. The van der Waals surface area contributed by atoms with Gasteiger partial charge in [-0.15, -0.1) is 0 Å². The summed E-state index contributed by atoms with van der Waals surface area (Å²) in [6.07, 6.45) is 8.37. The molecular weight excluding hydrogens is 364 g/mol. The van der Waals surface area contributed by atoms with Gasteiger partial charge in [0, 0.05) is 43.5 Å². The normalized spacial score (nSPS) is 20.0. The molecule has 2 saturated heterocycles. The van der Waals surface area contributed by atoms with Crippen molar-refractivity contribution in [3.05, 3.63) is 30.0 Å². The third-order valence-corrected chi connectivity index (χ3v) is 6.57. The molecule has 2 aliphatic rings. The molecule has 0 spiro atoms. The molecule has 1 N–H and O–H groups in total. The monoisotopic (exact) mass is 398 g/mol. The van der Waals surface area contributed by atoms with Gasteiger partial charge in [-0.1, -0.05) is 18.1 Å². The summed E-state index contributed by atoms with van der Waals surface area (Å²) < 4.78 is 7.56. The predicted molar refractivity (Wildman–Crippen MR) is 115 cm³/mol. The maximum Gasteiger partial charge on any atom is 0.221 e. The quantitative estimate of drug-likeness (QED) is 0.778. The van der Waals surface area contributed by atoms with Crippen LogP contribution in [0.4, 0.5) is 0 Å². The van der Waals surface area contributed by atoms with Crippen LogP contribution >= 0.6 is 0 Å². The molecule has 2 aromatic rings. The van der Waals surface area contributed by atoms with Crippen LogP contribution in [0.5, 0.6) is 0 Å². The van der Waals surface area contributed by atoms with Crippen molar-refractivity contribution in [2.75, 3.05) is 39.4 Å². The van der Waals surface area contributed by atoms with Crippen LogP contribution in [0.15, 0.2) is 24.4 Å². The van der Waals surface area contributed by atoms with E-state index in [1.807, 2.05) is 10.9 Å². The summed E-state index contributed by atoms with van der Waals surface area (Å²) in [4.78, 5) is 15.2. The third-order valence-electron chi connectivity index (χ3n) is 6.57. The number of fused-ring (bicyclic) bond motifs is 1. The van der Waals surface area contributed by atoms with E-state index in [0.29, 0.717) is 13.0 Å². The van der Waals surface area contributed by atoms with Gasteiger partial charge in [0.1, 0.15) is 0 Å². The molecule has 0 bridgehead atoms. The zero-order valence-electron chi connectivity index (χ0n) is 17.7. The third kappa shape index (κ3) is 5.17. The van der Waals surface area contributed by atoms with Gasteiger partial charge in [0.2, 0.25) is 5.91 Å². The number of nitrogens with one attached hydrogen (secondary N) is 1. The van der Waals surface area contributed by atoms with Gasteiger partial charge in [0.25, 0.3) is 0 Å². The first-order valence-electron chi connectivity index (χ1n) is 11.1. The van der Waals surface area contributed by atoms with Crippen molar-refractivity contribution in [3.63, 3.8) is 0 Å². The highest BCUT2D eigenvalue weighted by molar-refractivity contribution is 5.80. The molecule has 0 unspecified atom stereocenters. The van der Waals surface area contributed by atoms with Gasteiger partial charge in [-0.3, -0.25) is 9.48 Å². The number of carbonyl (C=O) groups excluding carboxylic acids is 1. The summed E-state index contributed by atoms with van der Waals surface area (Å²) in [7, 11) is 0. The molecule has 1 amide bonds. The standard InChI is InChI=1S/C23H34N4O2/c1-19-5-6-21-20(15-19)16-25-27(21)12-7-22(28)24-17-23(8-13-29-14-9-23)18-26-10-3-2-4-11-26/h5-6,15-16H,2-4,7-14,17-18H2,1H3,(H,24,28). The van der Waals surface area contributed by atoms with Crippen LogP contribution in [0.2, 0.25) is 0 Å². The Balaban J connectivity index is 1.31. The zero-order chi connectivity index (χ0) is 20.1. The summed E-state index contributed by atoms with van der Waals surface area (Å²) >= 11 is 0. The molecule has 0 atom stereocenters. The molecule has 6 heteroatoms. The van der Waals surface area contributed by atoms with E-state index < -0.39 is 0 Å². The minimum Gasteiger partial charge on any atom is -0.381 e. The fourth-order valence-corrected chi connectivity index (χ4v) is 4.75. The Morgan fingerprint density at radius 3 is 2.79 bits per heavy atom. The second-order valence-corrected chi connectivity index (χ2v) is 8.91. The molecule has 0 aliphatic carbocycles. The number of aromatic nitrogens is 2. The Bertz CT molecular complexity index is 819. The van der Waals surface area contributed by atoms with Gasteiger partial charge in [-0.25, -0.2) is 0 Å². The molecule has 1 aromatic carbocycles. The number of ether oxygens (including phenoxy) is 1. The minimum atomic E-state index is 0.116. The lowest BCUT2D eigenvalue weighted by atomic mass is 9.79. The molecule has 4 rings (SSSR count). The van der Waals surface area contributed by atoms with Crippen molar-refractivity contribution >= 4 is 16.8 Å². The Hall–Kier alpha value is -1.92. The van der Waals surface area contributed by atoms with E-state index in [2.05, 4.69) is 40.4 Å². The van der Waals surface area contributed by atoms with Crippen LogP contribution in [0.3, 0.4) is 0 Å². The molecule has 6 nitrogen and oxygen atoms in total. The lowest BCUT2D eigenvalue weighted by molar-refractivity contribution is -0.122. The number of nitrogens with zero attached hydrogens (tertiary/aromatic N) is 3. The number of piperidine rings is 1. The van der Waals surface area contributed by atoms with E-state index >= 15 is 0 Å². The number of carbonyl (C=O) groups is 1. The van der Waals surface area contributed by atoms with Gasteiger partial charge >= 0.3 is 0 Å². The van der Waals surface area contributed by atoms with E-state index in [4.69, 9.17) is 4.74 Å². The van der Waals surface area contributed by atoms with Crippen LogP contribution in [0.25, 0.3) is 10.9 Å². The average molecular weight is 399 g/mol. The molecule has 0 saturated carbocycles. The fourth-order valence-electron chi connectivity index (χ4n) is 4.75. The Kier molecular flexibility index (Phi) is 6.50. The Morgan fingerprint density at radius 1 is 1.21 bits per heavy atom. The lowest BCUT2D eigenvalue weighted by Crippen LogP contribution is -2.49. The van der Waals surface area contributed by atoms with Gasteiger partial charge in [0.15, 0.2) is 0 Å². The van der Waals surface area contributed by atoms with E-state index in [9.17, 15) is 4.79 Å². The van der Waals surface area contributed by atoms with Crippen molar-refractivity contribution < 1.29 is 9.53 Å². The highest BCUT2D eigenvalue weighted by Gasteiger charge is 2.35. The number of likely N-dealkylation sites (tertiary alicyclic amines) is 1. The van der Waals surface area contributed by atoms with Crippen molar-refractivity contribution in [3.8, 4) is 0 Å². The highest BCUT2D eigenvalue weighted by Crippen LogP contribution is 2.32. The second-order valence-electron chi connectivity index (χ2n) is 8.91. The number of aryl methyl sites for hydroxylation is 2. The molecular formula is C23H34N4O2. The molecule has 158 valence electrons. The SMILES string of the molecule is Cc1ccc2c(cnn2CCC(=O)NCC2(CN3CCCCC3)CCOCC2)c1. The van der Waals surface area contributed by atoms with E-state index in [1.165, 1.54) is 37.9 Å². The van der Waals surface area contributed by atoms with Crippen molar-refractivity contribution in [2.45, 2.75) is 52.0 Å². The summed E-state index contributed by atoms with van der Waals surface area (Å²) in [6, 6.07) is 6.32. The zero-order valence-corrected chi connectivity index (χ0v) is 17.7. The van der Waals surface area contributed by atoms with Crippen LogP contribution in [-0.4, -0.2) is 60.0 Å². The number of amides is 1. The minimum absolute atomic E-state index is 0.116.